The molecule has 1 aliphatic carbocycles. The zero-order valence-corrected chi connectivity index (χ0v) is 14.5. The zero-order valence-electron chi connectivity index (χ0n) is 12.9. The van der Waals surface area contributed by atoms with Crippen molar-refractivity contribution in [2.45, 2.75) is 57.3 Å². The molecule has 0 spiro atoms. The number of aliphatic carboxylic acids is 1. The third-order valence-electron chi connectivity index (χ3n) is 4.57. The van der Waals surface area contributed by atoms with Crippen molar-refractivity contribution < 1.29 is 14.6 Å². The number of rotatable bonds is 4. The molecule has 0 saturated heterocycles. The van der Waals surface area contributed by atoms with Crippen molar-refractivity contribution in [3.05, 3.63) is 27.7 Å². The van der Waals surface area contributed by atoms with E-state index < -0.39 is 11.4 Å². The smallest absolute Gasteiger partial charge is 0.314 e. The van der Waals surface area contributed by atoms with Crippen LogP contribution in [0.5, 0.6) is 5.75 Å². The summed E-state index contributed by atoms with van der Waals surface area (Å²) in [4.78, 5) is 12.0. The van der Waals surface area contributed by atoms with Crippen molar-refractivity contribution in [3.63, 3.8) is 0 Å². The van der Waals surface area contributed by atoms with E-state index in [9.17, 15) is 9.90 Å². The number of hydrogen-bond donors (Lipinski definition) is 1. The molecule has 1 aliphatic rings. The number of benzene rings is 1. The number of carboxylic acids is 1. The van der Waals surface area contributed by atoms with Gasteiger partial charge in [-0.05, 0) is 51.9 Å². The highest BCUT2D eigenvalue weighted by molar-refractivity contribution is 9.10. The molecule has 1 aromatic carbocycles. The van der Waals surface area contributed by atoms with Gasteiger partial charge in [0.05, 0.1) is 17.0 Å². The maximum Gasteiger partial charge on any atom is 0.314 e. The molecule has 4 heteroatoms. The summed E-state index contributed by atoms with van der Waals surface area (Å²) in [6.45, 7) is 4.20. The summed E-state index contributed by atoms with van der Waals surface area (Å²) in [5.41, 5.74) is 1.23. The summed E-state index contributed by atoms with van der Waals surface area (Å²) in [6.07, 6.45) is 4.53. The highest BCUT2D eigenvalue weighted by Gasteiger charge is 2.42. The maximum atomic E-state index is 12.0. The lowest BCUT2D eigenvalue weighted by Gasteiger charge is -2.34. The fourth-order valence-electron chi connectivity index (χ4n) is 3.32. The summed E-state index contributed by atoms with van der Waals surface area (Å²) < 4.78 is 6.32. The molecule has 1 N–H and O–H groups in total. The van der Waals surface area contributed by atoms with E-state index in [1.165, 1.54) is 0 Å². The predicted molar refractivity (Wildman–Crippen MR) is 87.2 cm³/mol. The standard InChI is InChI=1S/C17H23BrO3/c1-11(2)13-9-12(10-14(18)15(13)21-3)17(16(19)20)7-5-4-6-8-17/h9-11H,4-8H2,1-3H3,(H,19,20). The molecular weight excluding hydrogens is 332 g/mol. The van der Waals surface area contributed by atoms with Crippen molar-refractivity contribution in [1.29, 1.82) is 0 Å². The first kappa shape index (κ1) is 16.3. The Morgan fingerprint density at radius 2 is 1.90 bits per heavy atom. The molecule has 1 fully saturated rings. The third kappa shape index (κ3) is 2.96. The molecule has 0 radical (unpaired) electrons. The monoisotopic (exact) mass is 354 g/mol. The van der Waals surface area contributed by atoms with Gasteiger partial charge in [0.1, 0.15) is 5.75 Å². The second kappa shape index (κ2) is 6.39. The van der Waals surface area contributed by atoms with Gasteiger partial charge in [-0.25, -0.2) is 0 Å². The highest BCUT2D eigenvalue weighted by Crippen LogP contribution is 2.44. The minimum absolute atomic E-state index is 0.283. The van der Waals surface area contributed by atoms with Crippen molar-refractivity contribution >= 4 is 21.9 Å². The van der Waals surface area contributed by atoms with Gasteiger partial charge in [-0.2, -0.15) is 0 Å². The maximum absolute atomic E-state index is 12.0. The average Bonchev–Trinajstić information content (AvgIpc) is 2.46. The molecular formula is C17H23BrO3. The topological polar surface area (TPSA) is 46.5 Å². The largest absolute Gasteiger partial charge is 0.495 e. The lowest BCUT2D eigenvalue weighted by molar-refractivity contribution is -0.145. The Balaban J connectivity index is 2.59. The number of carboxylic acid groups (broad SMARTS) is 1. The Morgan fingerprint density at radius 3 is 2.38 bits per heavy atom. The van der Waals surface area contributed by atoms with E-state index in [0.717, 1.165) is 53.5 Å². The van der Waals surface area contributed by atoms with Crippen molar-refractivity contribution in [1.82, 2.24) is 0 Å². The quantitative estimate of drug-likeness (QED) is 0.838. The van der Waals surface area contributed by atoms with Crippen LogP contribution >= 0.6 is 15.9 Å². The molecule has 0 aromatic heterocycles. The third-order valence-corrected chi connectivity index (χ3v) is 5.16. The van der Waals surface area contributed by atoms with Crippen LogP contribution in [0.3, 0.4) is 0 Å². The first-order valence-corrected chi connectivity index (χ1v) is 8.33. The number of ether oxygens (including phenoxy) is 1. The lowest BCUT2D eigenvalue weighted by Crippen LogP contribution is -2.38. The van der Waals surface area contributed by atoms with Crippen LogP contribution in [-0.2, 0) is 10.2 Å². The second-order valence-electron chi connectivity index (χ2n) is 6.18. The minimum Gasteiger partial charge on any atom is -0.495 e. The Labute approximate surface area is 134 Å². The van der Waals surface area contributed by atoms with Crippen LogP contribution in [0.2, 0.25) is 0 Å². The molecule has 116 valence electrons. The zero-order chi connectivity index (χ0) is 15.6. The molecule has 0 atom stereocenters. The summed E-state index contributed by atoms with van der Waals surface area (Å²) in [5.74, 6) is 0.393. The van der Waals surface area contributed by atoms with Crippen LogP contribution in [0.4, 0.5) is 0 Å². The van der Waals surface area contributed by atoms with E-state index in [2.05, 4.69) is 29.8 Å². The number of methoxy groups -OCH3 is 1. The predicted octanol–water partition coefficient (Wildman–Crippen LogP) is 4.87. The average molecular weight is 355 g/mol. The molecule has 0 heterocycles. The summed E-state index contributed by atoms with van der Waals surface area (Å²) >= 11 is 3.55. The van der Waals surface area contributed by atoms with Crippen LogP contribution < -0.4 is 4.74 Å². The second-order valence-corrected chi connectivity index (χ2v) is 7.04. The van der Waals surface area contributed by atoms with Crippen LogP contribution in [0.1, 0.15) is 63.0 Å². The molecule has 21 heavy (non-hydrogen) atoms. The van der Waals surface area contributed by atoms with Crippen LogP contribution in [0, 0.1) is 0 Å². The van der Waals surface area contributed by atoms with Gasteiger partial charge in [0.25, 0.3) is 0 Å². The molecule has 1 saturated carbocycles. The van der Waals surface area contributed by atoms with Gasteiger partial charge in [0, 0.05) is 0 Å². The SMILES string of the molecule is COc1c(Br)cc(C2(C(=O)O)CCCCC2)cc1C(C)C. The summed E-state index contributed by atoms with van der Waals surface area (Å²) in [5, 5.41) is 9.84. The van der Waals surface area contributed by atoms with Crippen LogP contribution in [-0.4, -0.2) is 18.2 Å². The van der Waals surface area contributed by atoms with Gasteiger partial charge in [0.15, 0.2) is 0 Å². The molecule has 0 aliphatic heterocycles. The first-order valence-electron chi connectivity index (χ1n) is 7.53. The summed E-state index contributed by atoms with van der Waals surface area (Å²) in [6, 6.07) is 3.97. The summed E-state index contributed by atoms with van der Waals surface area (Å²) in [7, 11) is 1.65. The lowest BCUT2D eigenvalue weighted by atomic mass is 9.69. The molecule has 0 bridgehead atoms. The Bertz CT molecular complexity index is 531. The molecule has 0 amide bonds. The van der Waals surface area contributed by atoms with E-state index in [1.807, 2.05) is 12.1 Å². The van der Waals surface area contributed by atoms with Gasteiger partial charge in [-0.3, -0.25) is 4.79 Å². The van der Waals surface area contributed by atoms with E-state index in [-0.39, 0.29) is 5.92 Å². The Morgan fingerprint density at radius 1 is 1.29 bits per heavy atom. The van der Waals surface area contributed by atoms with E-state index >= 15 is 0 Å². The fourth-order valence-corrected chi connectivity index (χ4v) is 3.95. The van der Waals surface area contributed by atoms with Crippen molar-refractivity contribution in [3.8, 4) is 5.75 Å². The van der Waals surface area contributed by atoms with E-state index in [1.54, 1.807) is 7.11 Å². The van der Waals surface area contributed by atoms with Crippen molar-refractivity contribution in [2.75, 3.05) is 7.11 Å². The number of carbonyl (C=O) groups is 1. The van der Waals surface area contributed by atoms with Gasteiger partial charge < -0.3 is 9.84 Å². The van der Waals surface area contributed by atoms with Crippen molar-refractivity contribution in [2.24, 2.45) is 0 Å². The highest BCUT2D eigenvalue weighted by atomic mass is 79.9. The number of hydrogen-bond acceptors (Lipinski definition) is 2. The Kier molecular flexibility index (Phi) is 4.97. The fraction of sp³-hybridized carbons (Fsp3) is 0.588. The molecule has 0 unspecified atom stereocenters. The molecule has 1 aromatic rings. The first-order chi connectivity index (χ1) is 9.92. The van der Waals surface area contributed by atoms with Crippen LogP contribution in [0.25, 0.3) is 0 Å². The van der Waals surface area contributed by atoms with Gasteiger partial charge in [-0.1, -0.05) is 39.2 Å². The molecule has 2 rings (SSSR count). The minimum atomic E-state index is -0.739. The normalized spacial score (nSPS) is 17.8. The molecule has 3 nitrogen and oxygen atoms in total. The van der Waals surface area contributed by atoms with Crippen LogP contribution in [0.15, 0.2) is 16.6 Å². The van der Waals surface area contributed by atoms with Gasteiger partial charge in [-0.15, -0.1) is 0 Å². The van der Waals surface area contributed by atoms with E-state index in [0.29, 0.717) is 0 Å². The van der Waals surface area contributed by atoms with Gasteiger partial charge in [0.2, 0.25) is 0 Å². The van der Waals surface area contributed by atoms with E-state index in [4.69, 9.17) is 4.74 Å². The number of halogens is 1. The van der Waals surface area contributed by atoms with Gasteiger partial charge >= 0.3 is 5.97 Å². The Hall–Kier alpha value is -1.03.